The molecule has 0 spiro atoms. The molecule has 1 N–H and O–H groups in total. The third-order valence-corrected chi connectivity index (χ3v) is 4.20. The molecule has 3 rings (SSSR count). The molecule has 1 saturated heterocycles. The summed E-state index contributed by atoms with van der Waals surface area (Å²) in [5.74, 6) is -0.432. The molecule has 0 saturated carbocycles. The molecule has 0 aliphatic carbocycles. The van der Waals surface area contributed by atoms with Gasteiger partial charge in [-0.15, -0.1) is 11.3 Å². The van der Waals surface area contributed by atoms with Gasteiger partial charge in [0.2, 0.25) is 0 Å². The van der Waals surface area contributed by atoms with Crippen molar-refractivity contribution in [1.29, 1.82) is 0 Å². The van der Waals surface area contributed by atoms with E-state index in [9.17, 15) is 9.59 Å². The Hall–Kier alpha value is -2.15. The predicted octanol–water partition coefficient (Wildman–Crippen LogP) is 2.61. The topological polar surface area (TPSA) is 75.4 Å². The van der Waals surface area contributed by atoms with Gasteiger partial charge >= 0.3 is 6.01 Å². The minimum Gasteiger partial charge on any atom is -0.431 e. The summed E-state index contributed by atoms with van der Waals surface area (Å²) in [6.07, 6.45) is 4.49. The van der Waals surface area contributed by atoms with Gasteiger partial charge in [-0.1, -0.05) is 6.07 Å². The predicted molar refractivity (Wildman–Crippen MR) is 78.5 cm³/mol. The molecule has 2 aromatic rings. The van der Waals surface area contributed by atoms with Crippen LogP contribution in [0, 0.1) is 0 Å². The second-order valence-electron chi connectivity index (χ2n) is 4.82. The average molecular weight is 305 g/mol. The number of likely N-dealkylation sites (tertiary alicyclic amines) is 1. The number of nitrogens with one attached hydrogen (secondary N) is 1. The van der Waals surface area contributed by atoms with Crippen LogP contribution in [0.5, 0.6) is 0 Å². The zero-order chi connectivity index (χ0) is 14.7. The van der Waals surface area contributed by atoms with E-state index in [2.05, 4.69) is 10.3 Å². The highest BCUT2D eigenvalue weighted by atomic mass is 32.1. The van der Waals surface area contributed by atoms with Crippen molar-refractivity contribution in [2.24, 2.45) is 0 Å². The molecule has 3 heterocycles. The molecule has 0 unspecified atom stereocenters. The molecule has 110 valence electrons. The van der Waals surface area contributed by atoms with E-state index in [-0.39, 0.29) is 23.5 Å². The molecule has 2 aromatic heterocycles. The van der Waals surface area contributed by atoms with Crippen LogP contribution < -0.4 is 5.32 Å². The lowest BCUT2D eigenvalue weighted by molar-refractivity contribution is 0.0718. The average Bonchev–Trinajstić information content (AvgIpc) is 3.19. The molecule has 1 aliphatic rings. The fourth-order valence-electron chi connectivity index (χ4n) is 2.25. The molecule has 7 heteroatoms. The highest BCUT2D eigenvalue weighted by Crippen LogP contribution is 2.16. The van der Waals surface area contributed by atoms with Gasteiger partial charge in [-0.05, 0) is 30.7 Å². The first-order chi connectivity index (χ1) is 10.2. The number of hydrogen-bond acceptors (Lipinski definition) is 5. The SMILES string of the molecule is O=C(Nc1nc(C(=O)N2CCCCC2)co1)c1cccs1. The van der Waals surface area contributed by atoms with E-state index in [1.807, 2.05) is 5.38 Å². The van der Waals surface area contributed by atoms with Gasteiger partial charge < -0.3 is 9.32 Å². The number of carbonyl (C=O) groups excluding carboxylic acids is 2. The van der Waals surface area contributed by atoms with Crippen molar-refractivity contribution in [3.05, 3.63) is 34.3 Å². The fourth-order valence-corrected chi connectivity index (χ4v) is 2.87. The van der Waals surface area contributed by atoms with Crippen LogP contribution in [0.15, 0.2) is 28.2 Å². The zero-order valence-corrected chi connectivity index (χ0v) is 12.2. The Morgan fingerprint density at radius 1 is 1.29 bits per heavy atom. The van der Waals surface area contributed by atoms with E-state index in [0.29, 0.717) is 4.88 Å². The summed E-state index contributed by atoms with van der Waals surface area (Å²) in [5, 5.41) is 4.36. The number of hydrogen-bond donors (Lipinski definition) is 1. The Balaban J connectivity index is 1.65. The normalized spacial score (nSPS) is 15.0. The molecule has 2 amide bonds. The maximum atomic E-state index is 12.2. The maximum absolute atomic E-state index is 12.2. The molecule has 0 radical (unpaired) electrons. The molecular formula is C14H15N3O3S. The van der Waals surface area contributed by atoms with Crippen LogP contribution in [0.1, 0.15) is 39.4 Å². The summed E-state index contributed by atoms with van der Waals surface area (Å²) in [7, 11) is 0. The van der Waals surface area contributed by atoms with Crippen LogP contribution >= 0.6 is 11.3 Å². The Labute approximate surface area is 125 Å². The molecule has 21 heavy (non-hydrogen) atoms. The summed E-state index contributed by atoms with van der Waals surface area (Å²) in [6.45, 7) is 1.51. The van der Waals surface area contributed by atoms with Crippen molar-refractivity contribution in [3.63, 3.8) is 0 Å². The first-order valence-corrected chi connectivity index (χ1v) is 7.71. The quantitative estimate of drug-likeness (QED) is 0.945. The highest BCUT2D eigenvalue weighted by molar-refractivity contribution is 7.12. The smallest absolute Gasteiger partial charge is 0.302 e. The van der Waals surface area contributed by atoms with Crippen molar-refractivity contribution in [1.82, 2.24) is 9.88 Å². The van der Waals surface area contributed by atoms with Gasteiger partial charge in [0.25, 0.3) is 11.8 Å². The van der Waals surface area contributed by atoms with Crippen LogP contribution in [0.2, 0.25) is 0 Å². The number of carbonyl (C=O) groups is 2. The zero-order valence-electron chi connectivity index (χ0n) is 11.4. The Morgan fingerprint density at radius 2 is 2.10 bits per heavy atom. The number of thiophene rings is 1. The number of rotatable bonds is 3. The van der Waals surface area contributed by atoms with Crippen molar-refractivity contribution in [2.75, 3.05) is 18.4 Å². The van der Waals surface area contributed by atoms with E-state index in [1.54, 1.807) is 17.0 Å². The van der Waals surface area contributed by atoms with Crippen LogP contribution in [-0.4, -0.2) is 34.8 Å². The van der Waals surface area contributed by atoms with Crippen LogP contribution in [0.4, 0.5) is 6.01 Å². The minimum atomic E-state index is -0.288. The van der Waals surface area contributed by atoms with E-state index in [4.69, 9.17) is 4.42 Å². The monoisotopic (exact) mass is 305 g/mol. The van der Waals surface area contributed by atoms with Crippen molar-refractivity contribution in [2.45, 2.75) is 19.3 Å². The van der Waals surface area contributed by atoms with Gasteiger partial charge in [-0.2, -0.15) is 4.98 Å². The summed E-state index contributed by atoms with van der Waals surface area (Å²) in [5.41, 5.74) is 0.235. The summed E-state index contributed by atoms with van der Waals surface area (Å²) >= 11 is 1.33. The second-order valence-corrected chi connectivity index (χ2v) is 5.77. The lowest BCUT2D eigenvalue weighted by atomic mass is 10.1. The van der Waals surface area contributed by atoms with Gasteiger partial charge in [-0.25, -0.2) is 0 Å². The second kappa shape index (κ2) is 6.09. The summed E-state index contributed by atoms with van der Waals surface area (Å²) < 4.78 is 5.16. The van der Waals surface area contributed by atoms with E-state index in [1.165, 1.54) is 17.6 Å². The van der Waals surface area contributed by atoms with Crippen molar-refractivity contribution < 1.29 is 14.0 Å². The minimum absolute atomic E-state index is 0.0498. The van der Waals surface area contributed by atoms with Gasteiger partial charge in [0.1, 0.15) is 6.26 Å². The molecule has 0 atom stereocenters. The first-order valence-electron chi connectivity index (χ1n) is 6.84. The molecule has 1 aliphatic heterocycles. The van der Waals surface area contributed by atoms with E-state index >= 15 is 0 Å². The lowest BCUT2D eigenvalue weighted by Crippen LogP contribution is -2.35. The van der Waals surface area contributed by atoms with E-state index < -0.39 is 0 Å². The Kier molecular flexibility index (Phi) is 4.01. The molecule has 0 aromatic carbocycles. The maximum Gasteiger partial charge on any atom is 0.302 e. The molecule has 0 bridgehead atoms. The standard InChI is InChI=1S/C14H15N3O3S/c18-12(11-5-4-8-21-11)16-14-15-10(9-20-14)13(19)17-6-2-1-3-7-17/h4-5,8-9H,1-3,6-7H2,(H,15,16,18). The van der Waals surface area contributed by atoms with Crippen LogP contribution in [-0.2, 0) is 0 Å². The lowest BCUT2D eigenvalue weighted by Gasteiger charge is -2.25. The van der Waals surface area contributed by atoms with Crippen LogP contribution in [0.3, 0.4) is 0 Å². The van der Waals surface area contributed by atoms with Crippen LogP contribution in [0.25, 0.3) is 0 Å². The van der Waals surface area contributed by atoms with E-state index in [0.717, 1.165) is 32.4 Å². The van der Waals surface area contributed by atoms with Crippen molar-refractivity contribution >= 4 is 29.2 Å². The third kappa shape index (κ3) is 3.13. The number of aromatic nitrogens is 1. The summed E-state index contributed by atoms with van der Waals surface area (Å²) in [6, 6.07) is 3.55. The van der Waals surface area contributed by atoms with Gasteiger partial charge in [0, 0.05) is 13.1 Å². The number of amides is 2. The highest BCUT2D eigenvalue weighted by Gasteiger charge is 2.22. The van der Waals surface area contributed by atoms with Gasteiger partial charge in [0.05, 0.1) is 4.88 Å². The fraction of sp³-hybridized carbons (Fsp3) is 0.357. The summed E-state index contributed by atoms with van der Waals surface area (Å²) in [4.78, 5) is 30.5. The third-order valence-electron chi connectivity index (χ3n) is 3.33. The number of oxazole rings is 1. The largest absolute Gasteiger partial charge is 0.431 e. The first kappa shape index (κ1) is 13.8. The van der Waals surface area contributed by atoms with Gasteiger partial charge in [0.15, 0.2) is 5.69 Å². The molecular weight excluding hydrogens is 290 g/mol. The Bertz CT molecular complexity index is 630. The molecule has 6 nitrogen and oxygen atoms in total. The number of nitrogens with zero attached hydrogens (tertiary/aromatic N) is 2. The van der Waals surface area contributed by atoms with Gasteiger partial charge in [-0.3, -0.25) is 14.9 Å². The number of piperidine rings is 1. The Morgan fingerprint density at radius 3 is 2.81 bits per heavy atom. The number of anilines is 1. The van der Waals surface area contributed by atoms with Crippen molar-refractivity contribution in [3.8, 4) is 0 Å². The molecule has 1 fully saturated rings.